The van der Waals surface area contributed by atoms with Crippen molar-refractivity contribution in [2.75, 3.05) is 0 Å². The molecular weight excluding hydrogens is 216 g/mol. The van der Waals surface area contributed by atoms with Crippen LogP contribution in [0.15, 0.2) is 18.2 Å². The van der Waals surface area contributed by atoms with Crippen molar-refractivity contribution >= 4 is 6.16 Å². The summed E-state index contributed by atoms with van der Waals surface area (Å²) in [7, 11) is 0. The molecule has 0 saturated carbocycles. The van der Waals surface area contributed by atoms with Crippen LogP contribution in [0.3, 0.4) is 0 Å². The molecule has 0 saturated heterocycles. The molecule has 0 spiro atoms. The first-order valence-corrected chi connectivity index (χ1v) is 5.91. The van der Waals surface area contributed by atoms with E-state index in [-0.39, 0.29) is 11.5 Å². The lowest BCUT2D eigenvalue weighted by molar-refractivity contribution is 0.0390. The molecule has 1 aromatic rings. The molecule has 0 bridgehead atoms. The molecule has 0 aromatic heterocycles. The molecule has 0 fully saturated rings. The Balaban J connectivity index is 2.44. The number of benzene rings is 1. The number of rotatable bonds is 1. The van der Waals surface area contributed by atoms with Gasteiger partial charge < -0.3 is 9.84 Å². The van der Waals surface area contributed by atoms with Crippen LogP contribution in [0.5, 0.6) is 0 Å². The predicted molar refractivity (Wildman–Crippen MR) is 65.3 cm³/mol. The Morgan fingerprint density at radius 1 is 1.47 bits per heavy atom. The van der Waals surface area contributed by atoms with Gasteiger partial charge in [-0.3, -0.25) is 0 Å². The van der Waals surface area contributed by atoms with Gasteiger partial charge in [-0.05, 0) is 36.3 Å². The van der Waals surface area contributed by atoms with Crippen molar-refractivity contribution in [1.82, 2.24) is 0 Å². The van der Waals surface area contributed by atoms with Crippen molar-refractivity contribution in [2.24, 2.45) is 0 Å². The minimum absolute atomic E-state index is 0.0969. The Kier molecular flexibility index (Phi) is 2.86. The van der Waals surface area contributed by atoms with Crippen LogP contribution in [0.4, 0.5) is 4.79 Å². The fourth-order valence-corrected chi connectivity index (χ4v) is 2.56. The zero-order valence-corrected chi connectivity index (χ0v) is 10.5. The van der Waals surface area contributed by atoms with Crippen LogP contribution in [0.25, 0.3) is 0 Å². The van der Waals surface area contributed by atoms with Crippen LogP contribution in [0, 0.1) is 6.92 Å². The number of aryl methyl sites for hydroxylation is 1. The number of carboxylic acid groups (broad SMARTS) is 1. The molecule has 1 unspecified atom stereocenters. The molecule has 0 amide bonds. The van der Waals surface area contributed by atoms with Crippen molar-refractivity contribution in [3.05, 3.63) is 34.9 Å². The Morgan fingerprint density at radius 2 is 2.18 bits per heavy atom. The normalized spacial score (nSPS) is 21.7. The lowest BCUT2D eigenvalue weighted by atomic mass is 9.71. The molecule has 1 aliphatic rings. The lowest BCUT2D eigenvalue weighted by Gasteiger charge is -2.36. The van der Waals surface area contributed by atoms with Crippen molar-refractivity contribution < 1.29 is 14.6 Å². The SMILES string of the molecule is Cc1ccc2c(c1)C(C)(C)CCC2OC(=O)O. The lowest BCUT2D eigenvalue weighted by Crippen LogP contribution is -2.28. The van der Waals surface area contributed by atoms with Crippen molar-refractivity contribution in [3.63, 3.8) is 0 Å². The number of hydrogen-bond acceptors (Lipinski definition) is 2. The van der Waals surface area contributed by atoms with Crippen LogP contribution < -0.4 is 0 Å². The second kappa shape index (κ2) is 4.06. The van der Waals surface area contributed by atoms with Gasteiger partial charge in [0.1, 0.15) is 6.10 Å². The fourth-order valence-electron chi connectivity index (χ4n) is 2.56. The van der Waals surface area contributed by atoms with E-state index in [1.165, 1.54) is 11.1 Å². The molecule has 1 aliphatic carbocycles. The first kappa shape index (κ1) is 12.0. The molecule has 2 rings (SSSR count). The summed E-state index contributed by atoms with van der Waals surface area (Å²) in [5.74, 6) is 0. The van der Waals surface area contributed by atoms with E-state index in [1.54, 1.807) is 0 Å². The van der Waals surface area contributed by atoms with Gasteiger partial charge in [-0.1, -0.05) is 37.6 Å². The van der Waals surface area contributed by atoms with Gasteiger partial charge in [0, 0.05) is 0 Å². The van der Waals surface area contributed by atoms with Gasteiger partial charge in [0.25, 0.3) is 0 Å². The molecule has 92 valence electrons. The summed E-state index contributed by atoms with van der Waals surface area (Å²) in [6.45, 7) is 6.45. The molecule has 1 atom stereocenters. The largest absolute Gasteiger partial charge is 0.506 e. The topological polar surface area (TPSA) is 46.5 Å². The maximum atomic E-state index is 10.7. The Morgan fingerprint density at radius 3 is 2.82 bits per heavy atom. The quantitative estimate of drug-likeness (QED) is 0.752. The molecule has 1 N–H and O–H groups in total. The zero-order valence-electron chi connectivity index (χ0n) is 10.5. The second-order valence-corrected chi connectivity index (χ2v) is 5.39. The summed E-state index contributed by atoms with van der Waals surface area (Å²) in [5, 5.41) is 8.75. The smallest absolute Gasteiger partial charge is 0.450 e. The molecule has 0 aliphatic heterocycles. The summed E-state index contributed by atoms with van der Waals surface area (Å²) in [6.07, 6.45) is 0.203. The van der Waals surface area contributed by atoms with Gasteiger partial charge in [0.05, 0.1) is 0 Å². The van der Waals surface area contributed by atoms with Gasteiger partial charge in [0.2, 0.25) is 0 Å². The van der Waals surface area contributed by atoms with E-state index in [9.17, 15) is 4.79 Å². The van der Waals surface area contributed by atoms with Crippen molar-refractivity contribution in [3.8, 4) is 0 Å². The van der Waals surface area contributed by atoms with Gasteiger partial charge in [0.15, 0.2) is 0 Å². The standard InChI is InChI=1S/C14H18O3/c1-9-4-5-10-11(8-9)14(2,3)7-6-12(10)17-13(15)16/h4-5,8,12H,6-7H2,1-3H3,(H,15,16). The highest BCUT2D eigenvalue weighted by Gasteiger charge is 2.34. The third-order valence-corrected chi connectivity index (χ3v) is 3.56. The highest BCUT2D eigenvalue weighted by atomic mass is 16.7. The van der Waals surface area contributed by atoms with E-state index in [0.717, 1.165) is 18.4 Å². The highest BCUT2D eigenvalue weighted by Crippen LogP contribution is 2.43. The molecule has 3 nitrogen and oxygen atoms in total. The fraction of sp³-hybridized carbons (Fsp3) is 0.500. The van der Waals surface area contributed by atoms with Crippen LogP contribution in [0.1, 0.15) is 49.5 Å². The third-order valence-electron chi connectivity index (χ3n) is 3.56. The van der Waals surface area contributed by atoms with Gasteiger partial charge in [-0.15, -0.1) is 0 Å². The summed E-state index contributed by atoms with van der Waals surface area (Å²) < 4.78 is 4.97. The average molecular weight is 234 g/mol. The van der Waals surface area contributed by atoms with Crippen molar-refractivity contribution in [1.29, 1.82) is 0 Å². The van der Waals surface area contributed by atoms with Crippen LogP contribution in [0.2, 0.25) is 0 Å². The van der Waals surface area contributed by atoms with Crippen molar-refractivity contribution in [2.45, 2.75) is 45.1 Å². The first-order chi connectivity index (χ1) is 7.90. The minimum Gasteiger partial charge on any atom is -0.450 e. The van der Waals surface area contributed by atoms with Crippen LogP contribution in [-0.4, -0.2) is 11.3 Å². The zero-order chi connectivity index (χ0) is 12.6. The molecule has 3 heteroatoms. The minimum atomic E-state index is -1.19. The Hall–Kier alpha value is -1.51. The van der Waals surface area contributed by atoms with Gasteiger partial charge in [-0.25, -0.2) is 4.79 Å². The molecule has 1 aromatic carbocycles. The summed E-state index contributed by atoms with van der Waals surface area (Å²) in [6, 6.07) is 6.16. The van der Waals surface area contributed by atoms with Gasteiger partial charge >= 0.3 is 6.16 Å². The summed E-state index contributed by atoms with van der Waals surface area (Å²) >= 11 is 0. The number of hydrogen-bond donors (Lipinski definition) is 1. The maximum Gasteiger partial charge on any atom is 0.506 e. The molecule has 0 radical (unpaired) electrons. The third kappa shape index (κ3) is 2.28. The summed E-state index contributed by atoms with van der Waals surface area (Å²) in [5.41, 5.74) is 3.54. The van der Waals surface area contributed by atoms with Crippen LogP contribution in [-0.2, 0) is 10.2 Å². The summed E-state index contributed by atoms with van der Waals surface area (Å²) in [4.78, 5) is 10.7. The maximum absolute atomic E-state index is 10.7. The highest BCUT2D eigenvalue weighted by molar-refractivity contribution is 5.58. The molecule has 0 heterocycles. The predicted octanol–water partition coefficient (Wildman–Crippen LogP) is 3.80. The number of fused-ring (bicyclic) bond motifs is 1. The van der Waals surface area contributed by atoms with Crippen LogP contribution >= 0.6 is 0 Å². The van der Waals surface area contributed by atoms with Gasteiger partial charge in [-0.2, -0.15) is 0 Å². The van der Waals surface area contributed by atoms with E-state index in [0.29, 0.717) is 0 Å². The average Bonchev–Trinajstić information content (AvgIpc) is 2.22. The molecule has 17 heavy (non-hydrogen) atoms. The Bertz CT molecular complexity index is 449. The van der Waals surface area contributed by atoms with E-state index in [2.05, 4.69) is 26.8 Å². The number of carbonyl (C=O) groups is 1. The van der Waals surface area contributed by atoms with E-state index in [1.807, 2.05) is 12.1 Å². The Labute approximate surface area is 101 Å². The monoisotopic (exact) mass is 234 g/mol. The second-order valence-electron chi connectivity index (χ2n) is 5.39. The number of ether oxygens (including phenoxy) is 1. The van der Waals surface area contributed by atoms with E-state index >= 15 is 0 Å². The molecular formula is C14H18O3. The first-order valence-electron chi connectivity index (χ1n) is 5.91. The van der Waals surface area contributed by atoms with E-state index in [4.69, 9.17) is 9.84 Å². The van der Waals surface area contributed by atoms with E-state index < -0.39 is 6.16 Å².